The Labute approximate surface area is 84.3 Å². The number of nitrogens with zero attached hydrogens (tertiary/aromatic N) is 1. The van der Waals surface area contributed by atoms with Gasteiger partial charge in [-0.1, -0.05) is 19.1 Å². The van der Waals surface area contributed by atoms with E-state index >= 15 is 0 Å². The Bertz CT molecular complexity index is 218. The Morgan fingerprint density at radius 1 is 1.69 bits per heavy atom. The summed E-state index contributed by atoms with van der Waals surface area (Å²) in [5.41, 5.74) is 5.49. The minimum absolute atomic E-state index is 0.136. The first-order valence-electron chi connectivity index (χ1n) is 4.68. The second kappa shape index (κ2) is 4.56. The monoisotopic (exact) mass is 200 g/mol. The fourth-order valence-corrected chi connectivity index (χ4v) is 1.55. The minimum Gasteiger partial charge on any atom is -0.393 e. The highest BCUT2D eigenvalue weighted by Crippen LogP contribution is 2.12. The second-order valence-electron chi connectivity index (χ2n) is 3.60. The molecular formula is C9H16N2OS. The van der Waals surface area contributed by atoms with Crippen LogP contribution in [0.1, 0.15) is 26.2 Å². The number of hydrogen-bond acceptors (Lipinski definition) is 2. The molecule has 1 fully saturated rings. The number of nitrogens with two attached hydrogens (primary N) is 1. The van der Waals surface area contributed by atoms with Crippen LogP contribution in [-0.4, -0.2) is 28.9 Å². The molecule has 0 aliphatic carbocycles. The van der Waals surface area contributed by atoms with Crippen molar-refractivity contribution in [2.45, 2.75) is 26.2 Å². The van der Waals surface area contributed by atoms with E-state index < -0.39 is 0 Å². The van der Waals surface area contributed by atoms with Crippen LogP contribution in [0.2, 0.25) is 0 Å². The van der Waals surface area contributed by atoms with Gasteiger partial charge in [-0.25, -0.2) is 0 Å². The highest BCUT2D eigenvalue weighted by Gasteiger charge is 2.20. The molecule has 1 saturated heterocycles. The number of carbonyl (C=O) groups excluding carboxylic acids is 1. The summed E-state index contributed by atoms with van der Waals surface area (Å²) in [6.45, 7) is 3.52. The van der Waals surface area contributed by atoms with Crippen LogP contribution in [0.5, 0.6) is 0 Å². The number of hydrogen-bond donors (Lipinski definition) is 1. The Morgan fingerprint density at radius 3 is 2.92 bits per heavy atom. The molecule has 3 nitrogen and oxygen atoms in total. The third-order valence-corrected chi connectivity index (χ3v) is 2.80. The molecule has 0 aromatic heterocycles. The molecular weight excluding hydrogens is 184 g/mol. The molecule has 2 N–H and O–H groups in total. The molecule has 0 aromatic carbocycles. The summed E-state index contributed by atoms with van der Waals surface area (Å²) in [6.07, 6.45) is 2.82. The lowest BCUT2D eigenvalue weighted by Crippen LogP contribution is -2.40. The van der Waals surface area contributed by atoms with Crippen LogP contribution >= 0.6 is 12.2 Å². The van der Waals surface area contributed by atoms with Crippen molar-refractivity contribution in [2.24, 2.45) is 11.7 Å². The summed E-state index contributed by atoms with van der Waals surface area (Å²) in [5, 5.41) is 0. The summed E-state index contributed by atoms with van der Waals surface area (Å²) in [7, 11) is 0. The molecule has 1 heterocycles. The molecule has 1 atom stereocenters. The first-order valence-corrected chi connectivity index (χ1v) is 5.09. The van der Waals surface area contributed by atoms with Gasteiger partial charge in [0.2, 0.25) is 5.91 Å². The van der Waals surface area contributed by atoms with E-state index in [2.05, 4.69) is 0 Å². The predicted molar refractivity (Wildman–Crippen MR) is 56.4 cm³/mol. The molecule has 0 bridgehead atoms. The number of carbonyl (C=O) groups is 1. The second-order valence-corrected chi connectivity index (χ2v) is 4.07. The van der Waals surface area contributed by atoms with Crippen LogP contribution < -0.4 is 5.73 Å². The number of thiocarbonyl (C=S) groups is 1. The van der Waals surface area contributed by atoms with Gasteiger partial charge in [0.25, 0.3) is 0 Å². The van der Waals surface area contributed by atoms with E-state index in [0.717, 1.165) is 19.4 Å². The van der Waals surface area contributed by atoms with Crippen molar-refractivity contribution >= 4 is 23.1 Å². The Kier molecular flexibility index (Phi) is 3.66. The lowest BCUT2D eigenvalue weighted by Gasteiger charge is -2.28. The van der Waals surface area contributed by atoms with Crippen molar-refractivity contribution < 1.29 is 4.79 Å². The van der Waals surface area contributed by atoms with E-state index in [1.807, 2.05) is 11.8 Å². The minimum atomic E-state index is 0.136. The number of amides is 1. The summed E-state index contributed by atoms with van der Waals surface area (Å²) >= 11 is 4.87. The third-order valence-electron chi connectivity index (χ3n) is 2.40. The maximum atomic E-state index is 11.4. The zero-order valence-electron chi connectivity index (χ0n) is 7.95. The van der Waals surface area contributed by atoms with Crippen LogP contribution in [0.3, 0.4) is 0 Å². The van der Waals surface area contributed by atoms with Crippen LogP contribution in [-0.2, 0) is 4.79 Å². The van der Waals surface area contributed by atoms with E-state index in [4.69, 9.17) is 18.0 Å². The quantitative estimate of drug-likeness (QED) is 0.689. The molecule has 13 heavy (non-hydrogen) atoms. The van der Waals surface area contributed by atoms with Crippen molar-refractivity contribution in [2.75, 3.05) is 13.1 Å². The first-order chi connectivity index (χ1) is 6.11. The van der Waals surface area contributed by atoms with Gasteiger partial charge >= 0.3 is 0 Å². The third kappa shape index (κ3) is 2.95. The van der Waals surface area contributed by atoms with Gasteiger partial charge in [-0.15, -0.1) is 0 Å². The van der Waals surface area contributed by atoms with Crippen LogP contribution in [0.25, 0.3) is 0 Å². The lowest BCUT2D eigenvalue weighted by molar-refractivity contribution is -0.133. The van der Waals surface area contributed by atoms with Crippen molar-refractivity contribution in [1.82, 2.24) is 4.90 Å². The molecule has 0 aromatic rings. The summed E-state index contributed by atoms with van der Waals surface area (Å²) < 4.78 is 0. The number of piperidine rings is 1. The SMILES string of the molecule is CC(CN1CCCCC1=O)C(N)=S. The average Bonchev–Trinajstić information content (AvgIpc) is 2.08. The van der Waals surface area contributed by atoms with E-state index in [-0.39, 0.29) is 11.8 Å². The maximum Gasteiger partial charge on any atom is 0.222 e. The van der Waals surface area contributed by atoms with Crippen LogP contribution in [0.4, 0.5) is 0 Å². The van der Waals surface area contributed by atoms with Crippen molar-refractivity contribution in [3.05, 3.63) is 0 Å². The smallest absolute Gasteiger partial charge is 0.222 e. The molecule has 1 amide bonds. The van der Waals surface area contributed by atoms with Gasteiger partial charge in [-0.05, 0) is 12.8 Å². The molecule has 0 radical (unpaired) electrons. The fraction of sp³-hybridized carbons (Fsp3) is 0.778. The Balaban J connectivity index is 2.42. The zero-order chi connectivity index (χ0) is 9.84. The van der Waals surface area contributed by atoms with E-state index in [9.17, 15) is 4.79 Å². The Morgan fingerprint density at radius 2 is 2.38 bits per heavy atom. The number of rotatable bonds is 3. The Hall–Kier alpha value is -0.640. The van der Waals surface area contributed by atoms with Crippen molar-refractivity contribution in [3.8, 4) is 0 Å². The van der Waals surface area contributed by atoms with Crippen molar-refractivity contribution in [3.63, 3.8) is 0 Å². The molecule has 1 aliphatic heterocycles. The molecule has 1 aliphatic rings. The van der Waals surface area contributed by atoms with Crippen LogP contribution in [0.15, 0.2) is 0 Å². The highest BCUT2D eigenvalue weighted by molar-refractivity contribution is 7.80. The normalized spacial score (nSPS) is 20.1. The van der Waals surface area contributed by atoms with Gasteiger partial charge in [0, 0.05) is 25.4 Å². The van der Waals surface area contributed by atoms with Gasteiger partial charge in [0.1, 0.15) is 0 Å². The van der Waals surface area contributed by atoms with Gasteiger partial charge in [0.05, 0.1) is 4.99 Å². The largest absolute Gasteiger partial charge is 0.393 e. The first kappa shape index (κ1) is 10.4. The molecule has 4 heteroatoms. The summed E-state index contributed by atoms with van der Waals surface area (Å²) in [6, 6.07) is 0. The molecule has 0 spiro atoms. The van der Waals surface area contributed by atoms with E-state index in [0.29, 0.717) is 18.0 Å². The molecule has 1 unspecified atom stereocenters. The molecule has 74 valence electrons. The van der Waals surface area contributed by atoms with E-state index in [1.54, 1.807) is 0 Å². The lowest BCUT2D eigenvalue weighted by atomic mass is 10.1. The average molecular weight is 200 g/mol. The van der Waals surface area contributed by atoms with Gasteiger partial charge in [-0.3, -0.25) is 4.79 Å². The standard InChI is InChI=1S/C9H16N2OS/c1-7(9(10)13)6-11-5-3-2-4-8(11)12/h7H,2-6H2,1H3,(H2,10,13). The summed E-state index contributed by atoms with van der Waals surface area (Å²) in [5.74, 6) is 0.381. The fourth-order valence-electron chi connectivity index (χ4n) is 1.48. The molecule has 1 rings (SSSR count). The molecule has 0 saturated carbocycles. The highest BCUT2D eigenvalue weighted by atomic mass is 32.1. The topological polar surface area (TPSA) is 46.3 Å². The van der Waals surface area contributed by atoms with Gasteiger partial charge < -0.3 is 10.6 Å². The summed E-state index contributed by atoms with van der Waals surface area (Å²) in [4.78, 5) is 13.8. The van der Waals surface area contributed by atoms with Crippen molar-refractivity contribution in [1.29, 1.82) is 0 Å². The van der Waals surface area contributed by atoms with E-state index in [1.165, 1.54) is 0 Å². The van der Waals surface area contributed by atoms with Gasteiger partial charge in [0.15, 0.2) is 0 Å². The zero-order valence-corrected chi connectivity index (χ0v) is 8.77. The van der Waals surface area contributed by atoms with Crippen LogP contribution in [0, 0.1) is 5.92 Å². The van der Waals surface area contributed by atoms with Gasteiger partial charge in [-0.2, -0.15) is 0 Å². The maximum absolute atomic E-state index is 11.4. The number of likely N-dealkylation sites (tertiary alicyclic amines) is 1. The predicted octanol–water partition coefficient (Wildman–Crippen LogP) is 0.921.